The van der Waals surface area contributed by atoms with Gasteiger partial charge in [0.15, 0.2) is 30.4 Å². The number of fused-ring (bicyclic) bond motifs is 3. The number of esters is 1. The zero-order valence-corrected chi connectivity index (χ0v) is 34.4. The van der Waals surface area contributed by atoms with Crippen LogP contribution >= 0.6 is 0 Å². The van der Waals surface area contributed by atoms with Crippen molar-refractivity contribution in [1.82, 2.24) is 4.90 Å². The fourth-order valence-electron chi connectivity index (χ4n) is 9.27. The maximum atomic E-state index is 14.0. The van der Waals surface area contributed by atoms with Crippen LogP contribution in [0.1, 0.15) is 108 Å². The van der Waals surface area contributed by atoms with E-state index in [0.29, 0.717) is 0 Å². The Labute approximate surface area is 346 Å². The molecule has 0 amide bonds. The number of carbonyl (C=O) groups excluding carboxylic acids is 5. The van der Waals surface area contributed by atoms with Crippen molar-refractivity contribution in [3.8, 4) is 11.5 Å². The van der Waals surface area contributed by atoms with E-state index in [1.165, 1.54) is 43.3 Å². The lowest BCUT2D eigenvalue weighted by molar-refractivity contribution is -0.320. The van der Waals surface area contributed by atoms with Crippen LogP contribution in [-0.4, -0.2) is 143 Å². The van der Waals surface area contributed by atoms with Gasteiger partial charge in [0.2, 0.25) is 5.78 Å². The molecule has 4 N–H and O–H groups in total. The van der Waals surface area contributed by atoms with Crippen LogP contribution in [0.2, 0.25) is 0 Å². The molecule has 13 unspecified atom stereocenters. The molecular formula is C43H51NO16. The second-order valence-corrected chi connectivity index (χ2v) is 16.5. The SMILES string of the molecule is COC(=O)C1c2cc3c(c(O)c2C(OC2CC(N(C)C)C(OC4CC(O)C(OC5C=CC(=O)C(C)O5)C(C)O4)C(C)O2)CC1(O)CC(C)=O)C(=O)c1c(O)cccc1C3=O. The molecule has 0 saturated carbocycles. The third-order valence-electron chi connectivity index (χ3n) is 12.1. The Bertz CT molecular complexity index is 2090. The molecule has 324 valence electrons. The number of hydrogen-bond donors (Lipinski definition) is 4. The minimum Gasteiger partial charge on any atom is -0.507 e. The van der Waals surface area contributed by atoms with Crippen LogP contribution in [0, 0.1) is 0 Å². The molecule has 2 aromatic rings. The van der Waals surface area contributed by atoms with E-state index in [-0.39, 0.29) is 46.4 Å². The van der Waals surface area contributed by atoms with Gasteiger partial charge in [-0.25, -0.2) is 0 Å². The van der Waals surface area contributed by atoms with Gasteiger partial charge in [0, 0.05) is 48.4 Å². The van der Waals surface area contributed by atoms with Crippen molar-refractivity contribution in [1.29, 1.82) is 0 Å². The lowest BCUT2D eigenvalue weighted by atomic mass is 9.66. The van der Waals surface area contributed by atoms with Crippen molar-refractivity contribution in [2.24, 2.45) is 0 Å². The Morgan fingerprint density at radius 2 is 1.58 bits per heavy atom. The molecule has 0 aromatic heterocycles. The largest absolute Gasteiger partial charge is 0.507 e. The van der Waals surface area contributed by atoms with Crippen molar-refractivity contribution in [2.45, 2.75) is 133 Å². The molecule has 2 aromatic carbocycles. The number of benzene rings is 2. The number of aliphatic hydroxyl groups is 2. The van der Waals surface area contributed by atoms with E-state index in [9.17, 15) is 44.4 Å². The minimum absolute atomic E-state index is 0.0469. The first-order valence-corrected chi connectivity index (χ1v) is 19.9. The fraction of sp³-hybridized carbons (Fsp3) is 0.558. The molecule has 3 heterocycles. The summed E-state index contributed by atoms with van der Waals surface area (Å²) in [6.07, 6.45) is -6.37. The molecule has 2 fully saturated rings. The van der Waals surface area contributed by atoms with Crippen LogP contribution in [0.25, 0.3) is 0 Å². The highest BCUT2D eigenvalue weighted by atomic mass is 16.7. The van der Waals surface area contributed by atoms with E-state index < -0.39 is 132 Å². The third-order valence-corrected chi connectivity index (χ3v) is 12.1. The third kappa shape index (κ3) is 7.94. The van der Waals surface area contributed by atoms with Crippen molar-refractivity contribution < 1.29 is 77.6 Å². The summed E-state index contributed by atoms with van der Waals surface area (Å²) >= 11 is 0. The predicted molar refractivity (Wildman–Crippen MR) is 206 cm³/mol. The molecule has 13 atom stereocenters. The highest BCUT2D eigenvalue weighted by Gasteiger charge is 2.55. The predicted octanol–water partition coefficient (Wildman–Crippen LogP) is 2.50. The molecule has 3 aliphatic heterocycles. The topological polar surface area (TPSA) is 234 Å². The first kappa shape index (κ1) is 43.7. The molecule has 17 heteroatoms. The molecular weight excluding hydrogens is 786 g/mol. The van der Waals surface area contributed by atoms with Crippen molar-refractivity contribution in [3.63, 3.8) is 0 Å². The quantitative estimate of drug-likeness (QED) is 0.215. The number of phenols is 2. The number of carbonyl (C=O) groups is 5. The summed E-state index contributed by atoms with van der Waals surface area (Å²) in [5.74, 6) is -5.88. The second-order valence-electron chi connectivity index (χ2n) is 16.5. The van der Waals surface area contributed by atoms with Crippen LogP contribution in [-0.2, 0) is 47.5 Å². The summed E-state index contributed by atoms with van der Waals surface area (Å²) in [6, 6.07) is 4.84. The monoisotopic (exact) mass is 837 g/mol. The number of nitrogens with zero attached hydrogens (tertiary/aromatic N) is 1. The lowest BCUT2D eigenvalue weighted by Gasteiger charge is -2.48. The highest BCUT2D eigenvalue weighted by Crippen LogP contribution is 2.54. The van der Waals surface area contributed by atoms with Crippen LogP contribution in [0.3, 0.4) is 0 Å². The van der Waals surface area contributed by atoms with E-state index in [1.54, 1.807) is 20.8 Å². The number of likely N-dealkylation sites (N-methyl/N-ethyl adjacent to an activating group) is 1. The van der Waals surface area contributed by atoms with Gasteiger partial charge in [0.1, 0.15) is 41.5 Å². The smallest absolute Gasteiger partial charge is 0.316 e. The molecule has 7 rings (SSSR count). The van der Waals surface area contributed by atoms with Crippen molar-refractivity contribution >= 4 is 29.1 Å². The highest BCUT2D eigenvalue weighted by molar-refractivity contribution is 6.30. The number of Topliss-reactive ketones (excluding diaryl/α,β-unsaturated/α-hetero) is 1. The van der Waals surface area contributed by atoms with Gasteiger partial charge in [0.05, 0.1) is 48.3 Å². The Hall–Kier alpha value is -4.43. The van der Waals surface area contributed by atoms with Gasteiger partial charge in [-0.05, 0) is 71.6 Å². The van der Waals surface area contributed by atoms with Gasteiger partial charge in [-0.15, -0.1) is 0 Å². The number of rotatable bonds is 10. The maximum Gasteiger partial charge on any atom is 0.316 e. The molecule has 5 aliphatic rings. The molecule has 0 spiro atoms. The van der Waals surface area contributed by atoms with E-state index in [2.05, 4.69) is 0 Å². The number of methoxy groups -OCH3 is 1. The van der Waals surface area contributed by atoms with Crippen molar-refractivity contribution in [3.05, 3.63) is 69.8 Å². The van der Waals surface area contributed by atoms with Crippen LogP contribution < -0.4 is 0 Å². The zero-order chi connectivity index (χ0) is 43.5. The van der Waals surface area contributed by atoms with E-state index in [4.69, 9.17) is 33.2 Å². The Balaban J connectivity index is 1.16. The van der Waals surface area contributed by atoms with Gasteiger partial charge in [0.25, 0.3) is 0 Å². The summed E-state index contributed by atoms with van der Waals surface area (Å²) in [6.45, 7) is 6.35. The molecule has 0 radical (unpaired) electrons. The second kappa shape index (κ2) is 16.8. The van der Waals surface area contributed by atoms with E-state index in [0.717, 1.165) is 7.11 Å². The average Bonchev–Trinajstić information content (AvgIpc) is 3.16. The first-order valence-electron chi connectivity index (χ1n) is 19.9. The van der Waals surface area contributed by atoms with Crippen LogP contribution in [0.5, 0.6) is 11.5 Å². The number of aromatic hydroxyl groups is 2. The number of hydrogen-bond acceptors (Lipinski definition) is 17. The number of ketones is 4. The molecule has 0 bridgehead atoms. The van der Waals surface area contributed by atoms with Gasteiger partial charge in [-0.3, -0.25) is 24.0 Å². The zero-order valence-electron chi connectivity index (χ0n) is 34.4. The lowest BCUT2D eigenvalue weighted by Crippen LogP contribution is -2.58. The Morgan fingerprint density at radius 1 is 0.900 bits per heavy atom. The van der Waals surface area contributed by atoms with Gasteiger partial charge in [-0.2, -0.15) is 0 Å². The number of ether oxygens (including phenoxy) is 7. The summed E-state index contributed by atoms with van der Waals surface area (Å²) < 4.78 is 42.3. The standard InChI is InChI=1S/C43H51NO16/c1-18(45)16-43(53)17-29(34-23(36(43)42(52)54-7)13-24-35(39(34)51)38(50)33-22(37(24)49)9-8-10-27(33)47)58-31-14-25(44(5)6)40(20(3)56-31)60-32-15-28(48)41(21(4)57-32)59-30-12-11-26(46)19(2)55-30/h8-13,19-21,25,28-32,36,40-41,47-48,51,53H,14-17H2,1-7H3. The van der Waals surface area contributed by atoms with Gasteiger partial charge in [-0.1, -0.05) is 12.1 Å². The minimum atomic E-state index is -2.13. The maximum absolute atomic E-state index is 14.0. The molecule has 60 heavy (non-hydrogen) atoms. The molecule has 2 aliphatic carbocycles. The number of aliphatic hydroxyl groups excluding tert-OH is 1. The first-order chi connectivity index (χ1) is 28.3. The van der Waals surface area contributed by atoms with Crippen LogP contribution in [0.4, 0.5) is 0 Å². The number of phenolic OH excluding ortho intramolecular Hbond substituents is 2. The normalized spacial score (nSPS) is 35.1. The van der Waals surface area contributed by atoms with Crippen molar-refractivity contribution in [2.75, 3.05) is 21.2 Å². The fourth-order valence-corrected chi connectivity index (χ4v) is 9.27. The Kier molecular flexibility index (Phi) is 12.2. The molecule has 2 saturated heterocycles. The van der Waals surface area contributed by atoms with Gasteiger partial charge >= 0.3 is 5.97 Å². The van der Waals surface area contributed by atoms with Gasteiger partial charge < -0.3 is 58.5 Å². The Morgan fingerprint density at radius 3 is 2.22 bits per heavy atom. The van der Waals surface area contributed by atoms with E-state index in [1.807, 2.05) is 19.0 Å². The van der Waals surface area contributed by atoms with Crippen LogP contribution in [0.15, 0.2) is 36.4 Å². The average molecular weight is 838 g/mol. The summed E-state index contributed by atoms with van der Waals surface area (Å²) in [4.78, 5) is 67.8. The summed E-state index contributed by atoms with van der Waals surface area (Å²) in [5.41, 5.74) is -3.38. The summed E-state index contributed by atoms with van der Waals surface area (Å²) in [7, 11) is 4.76. The van der Waals surface area contributed by atoms with E-state index >= 15 is 0 Å². The summed E-state index contributed by atoms with van der Waals surface area (Å²) in [5, 5.41) is 46.0. The molecule has 17 nitrogen and oxygen atoms in total.